The van der Waals surface area contributed by atoms with Crippen LogP contribution in [0.5, 0.6) is 0 Å². The molecule has 88 valence electrons. The van der Waals surface area contributed by atoms with E-state index in [-0.39, 0.29) is 5.78 Å². The van der Waals surface area contributed by atoms with Crippen LogP contribution in [0.25, 0.3) is 0 Å². The molecule has 0 aliphatic heterocycles. The fourth-order valence-corrected chi connectivity index (χ4v) is 1.57. The molecule has 0 aromatic carbocycles. The molecule has 2 unspecified atom stereocenters. The average molecular weight is 241 g/mol. The second-order valence-corrected chi connectivity index (χ2v) is 4.00. The number of carbonyl (C=O) groups excluding carboxylic acids is 1. The van der Waals surface area contributed by atoms with Crippen molar-refractivity contribution >= 4 is 18.4 Å². The zero-order chi connectivity index (χ0) is 12.1. The summed E-state index contributed by atoms with van der Waals surface area (Å²) in [6.07, 6.45) is -0.0369. The van der Waals surface area contributed by atoms with Gasteiger partial charge in [-0.15, -0.1) is 0 Å². The number of hydrogen-bond donors (Lipinski definition) is 3. The first-order valence-corrected chi connectivity index (χ1v) is 5.63. The lowest BCUT2D eigenvalue weighted by Crippen LogP contribution is -2.19. The molecule has 4 nitrogen and oxygen atoms in total. The SMILES string of the molecule is CC(=O)c1ccc(C(O)C(O)CCS)cn1. The Morgan fingerprint density at radius 2 is 2.19 bits per heavy atom. The number of aromatic nitrogens is 1. The van der Waals surface area contributed by atoms with E-state index in [4.69, 9.17) is 0 Å². The van der Waals surface area contributed by atoms with Crippen molar-refractivity contribution in [3.63, 3.8) is 0 Å². The molecule has 0 fully saturated rings. The molecule has 0 radical (unpaired) electrons. The zero-order valence-corrected chi connectivity index (χ0v) is 9.89. The highest BCUT2D eigenvalue weighted by Crippen LogP contribution is 2.18. The van der Waals surface area contributed by atoms with Gasteiger partial charge in [0.1, 0.15) is 11.8 Å². The number of rotatable bonds is 5. The van der Waals surface area contributed by atoms with Crippen molar-refractivity contribution in [2.45, 2.75) is 25.6 Å². The van der Waals surface area contributed by atoms with Crippen molar-refractivity contribution in [3.05, 3.63) is 29.6 Å². The quantitative estimate of drug-likeness (QED) is 0.531. The number of aliphatic hydroxyl groups is 2. The minimum absolute atomic E-state index is 0.128. The number of Topliss-reactive ketones (excluding diaryl/α,β-unsaturated/α-hetero) is 1. The molecule has 16 heavy (non-hydrogen) atoms. The van der Waals surface area contributed by atoms with Crippen molar-refractivity contribution in [3.8, 4) is 0 Å². The maximum absolute atomic E-state index is 11.0. The lowest BCUT2D eigenvalue weighted by atomic mass is 10.0. The predicted octanol–water partition coefficient (Wildman–Crippen LogP) is 0.998. The summed E-state index contributed by atoms with van der Waals surface area (Å²) in [5, 5.41) is 19.3. The fraction of sp³-hybridized carbons (Fsp3) is 0.455. The third-order valence-electron chi connectivity index (χ3n) is 2.28. The monoisotopic (exact) mass is 241 g/mol. The topological polar surface area (TPSA) is 70.4 Å². The molecule has 1 rings (SSSR count). The van der Waals surface area contributed by atoms with Crippen LogP contribution in [-0.2, 0) is 0 Å². The van der Waals surface area contributed by atoms with Gasteiger partial charge in [0.05, 0.1) is 6.10 Å². The summed E-state index contributed by atoms with van der Waals surface area (Å²) in [6.45, 7) is 1.42. The Balaban J connectivity index is 2.77. The number of carbonyl (C=O) groups is 1. The third-order valence-corrected chi connectivity index (χ3v) is 2.54. The first-order valence-electron chi connectivity index (χ1n) is 5.00. The van der Waals surface area contributed by atoms with Gasteiger partial charge in [0.2, 0.25) is 0 Å². The second-order valence-electron chi connectivity index (χ2n) is 3.56. The average Bonchev–Trinajstić information content (AvgIpc) is 2.28. The van der Waals surface area contributed by atoms with Crippen LogP contribution in [0.4, 0.5) is 0 Å². The summed E-state index contributed by atoms with van der Waals surface area (Å²) in [5.41, 5.74) is 0.846. The van der Waals surface area contributed by atoms with Crippen LogP contribution in [0.3, 0.4) is 0 Å². The molecule has 0 bridgehead atoms. The summed E-state index contributed by atoms with van der Waals surface area (Å²) in [4.78, 5) is 14.9. The molecule has 0 saturated carbocycles. The smallest absolute Gasteiger partial charge is 0.178 e. The van der Waals surface area contributed by atoms with Crippen LogP contribution in [0.1, 0.15) is 35.5 Å². The van der Waals surface area contributed by atoms with Gasteiger partial charge >= 0.3 is 0 Å². The van der Waals surface area contributed by atoms with E-state index in [2.05, 4.69) is 17.6 Å². The van der Waals surface area contributed by atoms with Crippen molar-refractivity contribution in [1.29, 1.82) is 0 Å². The summed E-state index contributed by atoms with van der Waals surface area (Å²) >= 11 is 3.98. The van der Waals surface area contributed by atoms with Gasteiger partial charge < -0.3 is 10.2 Å². The molecular weight excluding hydrogens is 226 g/mol. The summed E-state index contributed by atoms with van der Waals surface area (Å²) < 4.78 is 0. The van der Waals surface area contributed by atoms with E-state index in [0.717, 1.165) is 0 Å². The molecule has 2 atom stereocenters. The minimum atomic E-state index is -0.986. The van der Waals surface area contributed by atoms with E-state index >= 15 is 0 Å². The number of aliphatic hydroxyl groups excluding tert-OH is 2. The lowest BCUT2D eigenvalue weighted by molar-refractivity contribution is 0.0170. The Hall–Kier alpha value is -0.910. The first-order chi connectivity index (χ1) is 7.56. The van der Waals surface area contributed by atoms with Gasteiger partial charge in [0.25, 0.3) is 0 Å². The van der Waals surface area contributed by atoms with Gasteiger partial charge in [-0.25, -0.2) is 0 Å². The highest BCUT2D eigenvalue weighted by atomic mass is 32.1. The van der Waals surface area contributed by atoms with Crippen molar-refractivity contribution in [2.75, 3.05) is 5.75 Å². The summed E-state index contributed by atoms with van der Waals surface area (Å²) in [7, 11) is 0. The number of hydrogen-bond acceptors (Lipinski definition) is 5. The van der Waals surface area contributed by atoms with Gasteiger partial charge in [-0.1, -0.05) is 6.07 Å². The fourth-order valence-electron chi connectivity index (χ4n) is 1.30. The molecule has 0 amide bonds. The lowest BCUT2D eigenvalue weighted by Gasteiger charge is -2.16. The number of thiol groups is 1. The zero-order valence-electron chi connectivity index (χ0n) is 9.00. The molecule has 1 aromatic rings. The van der Waals surface area contributed by atoms with Gasteiger partial charge in [-0.3, -0.25) is 9.78 Å². The van der Waals surface area contributed by atoms with Crippen LogP contribution >= 0.6 is 12.6 Å². The van der Waals surface area contributed by atoms with E-state index in [9.17, 15) is 15.0 Å². The Labute approximate surface area is 99.7 Å². The second kappa shape index (κ2) is 5.98. The van der Waals surface area contributed by atoms with Crippen LogP contribution in [0.15, 0.2) is 18.3 Å². The predicted molar refractivity (Wildman–Crippen MR) is 63.7 cm³/mol. The molecule has 0 aliphatic rings. The van der Waals surface area contributed by atoms with Gasteiger partial charge in [0, 0.05) is 18.7 Å². The molecule has 0 saturated heterocycles. The summed E-state index contributed by atoms with van der Waals surface area (Å²) in [6, 6.07) is 3.13. The molecule has 5 heteroatoms. The van der Waals surface area contributed by atoms with Crippen molar-refractivity contribution in [1.82, 2.24) is 4.98 Å². The van der Waals surface area contributed by atoms with E-state index in [1.165, 1.54) is 19.2 Å². The van der Waals surface area contributed by atoms with E-state index in [1.807, 2.05) is 0 Å². The van der Waals surface area contributed by atoms with E-state index in [1.54, 1.807) is 6.07 Å². The molecule has 0 spiro atoms. The number of pyridine rings is 1. The Kier molecular flexibility index (Phi) is 4.92. The van der Waals surface area contributed by atoms with Crippen LogP contribution in [0.2, 0.25) is 0 Å². The highest BCUT2D eigenvalue weighted by Gasteiger charge is 2.17. The molecule has 2 N–H and O–H groups in total. The number of nitrogens with zero attached hydrogens (tertiary/aromatic N) is 1. The molecule has 1 aromatic heterocycles. The largest absolute Gasteiger partial charge is 0.390 e. The Bertz CT molecular complexity index is 353. The first kappa shape index (κ1) is 13.2. The van der Waals surface area contributed by atoms with Crippen molar-refractivity contribution in [2.24, 2.45) is 0 Å². The minimum Gasteiger partial charge on any atom is -0.390 e. The molecule has 0 aliphatic carbocycles. The third kappa shape index (κ3) is 3.30. The molecule has 1 heterocycles. The van der Waals surface area contributed by atoms with Crippen molar-refractivity contribution < 1.29 is 15.0 Å². The standard InChI is InChI=1S/C11H15NO3S/c1-7(13)9-3-2-8(6-12-9)11(15)10(14)4-5-16/h2-3,6,10-11,14-16H,4-5H2,1H3. The highest BCUT2D eigenvalue weighted by molar-refractivity contribution is 7.80. The Morgan fingerprint density at radius 3 is 2.62 bits per heavy atom. The van der Waals surface area contributed by atoms with Gasteiger partial charge in [-0.05, 0) is 18.2 Å². The molecular formula is C11H15NO3S. The Morgan fingerprint density at radius 1 is 1.50 bits per heavy atom. The maximum atomic E-state index is 11.0. The van der Waals surface area contributed by atoms with E-state index in [0.29, 0.717) is 23.4 Å². The van der Waals surface area contributed by atoms with Crippen LogP contribution in [-0.4, -0.2) is 32.8 Å². The van der Waals surface area contributed by atoms with Gasteiger partial charge in [0.15, 0.2) is 5.78 Å². The van der Waals surface area contributed by atoms with E-state index < -0.39 is 12.2 Å². The van der Waals surface area contributed by atoms with Gasteiger partial charge in [-0.2, -0.15) is 12.6 Å². The van der Waals surface area contributed by atoms with Crippen LogP contribution < -0.4 is 0 Å². The van der Waals surface area contributed by atoms with Crippen LogP contribution in [0, 0.1) is 0 Å². The normalized spacial score (nSPS) is 14.5. The maximum Gasteiger partial charge on any atom is 0.178 e. The summed E-state index contributed by atoms with van der Waals surface area (Å²) in [5.74, 6) is 0.369. The number of ketones is 1.